The molecule has 0 radical (unpaired) electrons. The molecule has 0 bridgehead atoms. The highest BCUT2D eigenvalue weighted by atomic mass is 32.1. The van der Waals surface area contributed by atoms with E-state index < -0.39 is 0 Å². The molecule has 6 heteroatoms. The van der Waals surface area contributed by atoms with Crippen LogP contribution in [0.4, 0.5) is 5.69 Å². The van der Waals surface area contributed by atoms with Crippen molar-refractivity contribution < 1.29 is 9.59 Å². The lowest BCUT2D eigenvalue weighted by molar-refractivity contribution is -0.117. The van der Waals surface area contributed by atoms with Crippen LogP contribution < -0.4 is 5.32 Å². The molecular formula is C17H21N3O2S. The van der Waals surface area contributed by atoms with Gasteiger partial charge in [-0.25, -0.2) is 4.98 Å². The van der Waals surface area contributed by atoms with E-state index in [2.05, 4.69) is 10.3 Å². The summed E-state index contributed by atoms with van der Waals surface area (Å²) in [5.41, 5.74) is 2.85. The van der Waals surface area contributed by atoms with Crippen molar-refractivity contribution in [1.82, 2.24) is 9.88 Å². The molecule has 5 nitrogen and oxygen atoms in total. The molecule has 0 aliphatic rings. The fraction of sp³-hybridized carbons (Fsp3) is 0.353. The number of amides is 2. The first kappa shape index (κ1) is 17.1. The van der Waals surface area contributed by atoms with E-state index in [1.165, 1.54) is 11.3 Å². The van der Waals surface area contributed by atoms with Crippen LogP contribution in [-0.2, 0) is 4.79 Å². The summed E-state index contributed by atoms with van der Waals surface area (Å²) in [6, 6.07) is 9.13. The molecule has 1 N–H and O–H groups in total. The highest BCUT2D eigenvalue weighted by molar-refractivity contribution is 7.07. The van der Waals surface area contributed by atoms with Gasteiger partial charge in [0.1, 0.15) is 5.69 Å². The third kappa shape index (κ3) is 4.89. The summed E-state index contributed by atoms with van der Waals surface area (Å²) in [5.74, 6) is -0.219. The van der Waals surface area contributed by atoms with E-state index in [1.54, 1.807) is 15.8 Å². The average molecular weight is 331 g/mol. The van der Waals surface area contributed by atoms with E-state index in [9.17, 15) is 9.59 Å². The molecule has 122 valence electrons. The van der Waals surface area contributed by atoms with Gasteiger partial charge in [0, 0.05) is 30.1 Å². The van der Waals surface area contributed by atoms with Gasteiger partial charge in [-0.2, -0.15) is 0 Å². The van der Waals surface area contributed by atoms with Gasteiger partial charge in [-0.3, -0.25) is 9.59 Å². The fourth-order valence-electron chi connectivity index (χ4n) is 2.34. The van der Waals surface area contributed by atoms with Gasteiger partial charge in [-0.05, 0) is 25.5 Å². The van der Waals surface area contributed by atoms with Crippen LogP contribution in [-0.4, -0.2) is 34.3 Å². The van der Waals surface area contributed by atoms with Crippen molar-refractivity contribution in [3.63, 3.8) is 0 Å². The molecule has 0 saturated carbocycles. The number of anilines is 1. The second kappa shape index (κ2) is 8.43. The highest BCUT2D eigenvalue weighted by Gasteiger charge is 2.24. The van der Waals surface area contributed by atoms with Gasteiger partial charge >= 0.3 is 0 Å². The molecule has 0 spiro atoms. The van der Waals surface area contributed by atoms with Crippen LogP contribution in [0.2, 0.25) is 0 Å². The minimum Gasteiger partial charge on any atom is -0.334 e. The molecule has 0 aliphatic heterocycles. The largest absolute Gasteiger partial charge is 0.334 e. The number of thiazole rings is 1. The van der Waals surface area contributed by atoms with Gasteiger partial charge in [0.25, 0.3) is 5.91 Å². The van der Waals surface area contributed by atoms with E-state index in [0.717, 1.165) is 12.1 Å². The Bertz CT molecular complexity index is 629. The number of para-hydroxylation sites is 1. The van der Waals surface area contributed by atoms with Gasteiger partial charge in [-0.1, -0.05) is 25.1 Å². The maximum absolute atomic E-state index is 12.5. The van der Waals surface area contributed by atoms with Gasteiger partial charge in [0.2, 0.25) is 5.91 Å². The first-order valence-corrected chi connectivity index (χ1v) is 8.60. The first-order valence-electron chi connectivity index (χ1n) is 7.66. The normalized spacial score (nSPS) is 11.7. The van der Waals surface area contributed by atoms with E-state index in [-0.39, 0.29) is 24.3 Å². The Labute approximate surface area is 140 Å². The second-order valence-electron chi connectivity index (χ2n) is 5.34. The molecule has 0 unspecified atom stereocenters. The molecule has 0 saturated heterocycles. The zero-order valence-electron chi connectivity index (χ0n) is 13.4. The Morgan fingerprint density at radius 3 is 2.65 bits per heavy atom. The number of rotatable bonds is 7. The van der Waals surface area contributed by atoms with Crippen LogP contribution in [0.5, 0.6) is 0 Å². The topological polar surface area (TPSA) is 62.3 Å². The third-order valence-electron chi connectivity index (χ3n) is 3.45. The smallest absolute Gasteiger partial charge is 0.273 e. The predicted molar refractivity (Wildman–Crippen MR) is 92.6 cm³/mol. The first-order chi connectivity index (χ1) is 11.1. The van der Waals surface area contributed by atoms with Crippen molar-refractivity contribution in [2.24, 2.45) is 0 Å². The fourth-order valence-corrected chi connectivity index (χ4v) is 2.87. The maximum Gasteiger partial charge on any atom is 0.273 e. The Balaban J connectivity index is 1.99. The molecule has 0 fully saturated rings. The Hall–Kier alpha value is -2.21. The van der Waals surface area contributed by atoms with E-state index >= 15 is 0 Å². The molecule has 1 atom stereocenters. The van der Waals surface area contributed by atoms with Gasteiger partial charge < -0.3 is 10.2 Å². The number of carbonyl (C=O) groups excluding carboxylic acids is 2. The number of benzene rings is 1. The van der Waals surface area contributed by atoms with E-state index in [4.69, 9.17) is 0 Å². The number of hydrogen-bond donors (Lipinski definition) is 1. The molecule has 2 rings (SSSR count). The monoisotopic (exact) mass is 331 g/mol. The standard InChI is InChI=1S/C17H21N3O2S/c1-3-9-20(17(22)15-11-23-12-18-15)13(2)10-16(21)19-14-7-5-4-6-8-14/h4-8,11-13H,3,9-10H2,1-2H3,(H,19,21)/t13-/m1/s1. The molecule has 1 heterocycles. The molecule has 1 aromatic heterocycles. The quantitative estimate of drug-likeness (QED) is 0.845. The number of hydrogen-bond acceptors (Lipinski definition) is 4. The zero-order valence-corrected chi connectivity index (χ0v) is 14.2. The van der Waals surface area contributed by atoms with Crippen LogP contribution in [0.1, 0.15) is 37.2 Å². The molecule has 1 aromatic carbocycles. The lowest BCUT2D eigenvalue weighted by Gasteiger charge is -2.28. The van der Waals surface area contributed by atoms with Crippen LogP contribution in [0.3, 0.4) is 0 Å². The predicted octanol–water partition coefficient (Wildman–Crippen LogP) is 3.41. The summed E-state index contributed by atoms with van der Waals surface area (Å²) in [7, 11) is 0. The zero-order chi connectivity index (χ0) is 16.7. The van der Waals surface area contributed by atoms with Gasteiger partial charge in [0.15, 0.2) is 0 Å². The number of aromatic nitrogens is 1. The van der Waals surface area contributed by atoms with Crippen molar-refractivity contribution in [1.29, 1.82) is 0 Å². The summed E-state index contributed by atoms with van der Waals surface area (Å²) in [6.45, 7) is 4.51. The lowest BCUT2D eigenvalue weighted by Crippen LogP contribution is -2.41. The second-order valence-corrected chi connectivity index (χ2v) is 6.06. The summed E-state index contributed by atoms with van der Waals surface area (Å²) >= 11 is 1.39. The summed E-state index contributed by atoms with van der Waals surface area (Å²) in [6.07, 6.45) is 1.09. The van der Waals surface area contributed by atoms with Crippen LogP contribution in [0.15, 0.2) is 41.2 Å². The van der Waals surface area contributed by atoms with Crippen molar-refractivity contribution in [2.45, 2.75) is 32.7 Å². The minimum absolute atomic E-state index is 0.101. The summed E-state index contributed by atoms with van der Waals surface area (Å²) < 4.78 is 0. The van der Waals surface area contributed by atoms with Crippen LogP contribution in [0, 0.1) is 0 Å². The molecule has 0 aliphatic carbocycles. The van der Waals surface area contributed by atoms with Gasteiger partial charge in [-0.15, -0.1) is 11.3 Å². The van der Waals surface area contributed by atoms with E-state index in [1.807, 2.05) is 44.2 Å². The van der Waals surface area contributed by atoms with Crippen LogP contribution >= 0.6 is 11.3 Å². The lowest BCUT2D eigenvalue weighted by atomic mass is 10.1. The Morgan fingerprint density at radius 2 is 2.04 bits per heavy atom. The molecule has 23 heavy (non-hydrogen) atoms. The van der Waals surface area contributed by atoms with Gasteiger partial charge in [0.05, 0.1) is 5.51 Å². The molecular weight excluding hydrogens is 310 g/mol. The van der Waals surface area contributed by atoms with Crippen molar-refractivity contribution in [3.05, 3.63) is 46.9 Å². The Kier molecular flexibility index (Phi) is 6.29. The summed E-state index contributed by atoms with van der Waals surface area (Å²) in [5, 5.41) is 4.59. The van der Waals surface area contributed by atoms with Crippen molar-refractivity contribution >= 4 is 28.8 Å². The van der Waals surface area contributed by atoms with Crippen molar-refractivity contribution in [3.8, 4) is 0 Å². The SMILES string of the molecule is CCCN(C(=O)c1cscn1)[C@H](C)CC(=O)Nc1ccccc1. The summed E-state index contributed by atoms with van der Waals surface area (Å²) in [4.78, 5) is 30.5. The molecule has 2 amide bonds. The highest BCUT2D eigenvalue weighted by Crippen LogP contribution is 2.13. The van der Waals surface area contributed by atoms with E-state index in [0.29, 0.717) is 12.2 Å². The number of carbonyl (C=O) groups is 2. The van der Waals surface area contributed by atoms with Crippen molar-refractivity contribution in [2.75, 3.05) is 11.9 Å². The maximum atomic E-state index is 12.5. The average Bonchev–Trinajstić information content (AvgIpc) is 3.07. The number of nitrogens with one attached hydrogen (secondary N) is 1. The third-order valence-corrected chi connectivity index (χ3v) is 4.03. The Morgan fingerprint density at radius 1 is 1.30 bits per heavy atom. The molecule has 2 aromatic rings. The number of nitrogens with zero attached hydrogens (tertiary/aromatic N) is 2. The van der Waals surface area contributed by atoms with Crippen LogP contribution in [0.25, 0.3) is 0 Å². The minimum atomic E-state index is -0.187.